The van der Waals surface area contributed by atoms with Gasteiger partial charge in [-0.25, -0.2) is 0 Å². The Morgan fingerprint density at radius 1 is 0.846 bits per heavy atom. The van der Waals surface area contributed by atoms with Crippen LogP contribution in [0.25, 0.3) is 55.6 Å². The molecule has 1 radical (unpaired) electrons. The number of rotatable bonds is 9. The summed E-state index contributed by atoms with van der Waals surface area (Å²) in [5.41, 5.74) is 8.41. The van der Waals surface area contributed by atoms with Crippen LogP contribution in [0, 0.1) is 16.9 Å². The zero-order valence-corrected chi connectivity index (χ0v) is 34.7. The van der Waals surface area contributed by atoms with E-state index in [9.17, 15) is 9.90 Å². The molecule has 1 N–H and O–H groups in total. The quantitative estimate of drug-likeness (QED) is 0.0889. The average Bonchev–Trinajstić information content (AvgIpc) is 3.78. The Balaban J connectivity index is 0.000000250. The maximum atomic E-state index is 12.2. The van der Waals surface area contributed by atoms with Gasteiger partial charge in [-0.05, 0) is 66.5 Å². The second kappa shape index (κ2) is 14.8. The van der Waals surface area contributed by atoms with Gasteiger partial charge in [-0.1, -0.05) is 111 Å². The molecule has 0 aliphatic heterocycles. The molecule has 0 saturated heterocycles. The van der Waals surface area contributed by atoms with E-state index in [1.165, 1.54) is 28.2 Å². The number of fused-ring (bicyclic) bond motifs is 8. The normalized spacial score (nSPS) is 13.9. The van der Waals surface area contributed by atoms with Crippen LogP contribution in [0.15, 0.2) is 87.4 Å². The molecule has 3 aromatic carbocycles. The number of ketones is 1. The fraction of sp³-hybridized carbons (Fsp3) is 0.391. The van der Waals surface area contributed by atoms with Crippen LogP contribution in [-0.4, -0.2) is 15.9 Å². The van der Waals surface area contributed by atoms with Gasteiger partial charge in [0.05, 0.1) is 0 Å². The zero-order chi connectivity index (χ0) is 36.9. The fourth-order valence-electron chi connectivity index (χ4n) is 7.38. The number of benzene rings is 3. The minimum atomic E-state index is -0.337. The number of nitrogens with zero attached hydrogens (tertiary/aromatic N) is 1. The van der Waals surface area contributed by atoms with Crippen molar-refractivity contribution in [3.8, 4) is 22.6 Å². The molecular weight excluding hydrogens is 823 g/mol. The Bertz CT molecular complexity index is 2280. The summed E-state index contributed by atoms with van der Waals surface area (Å²) in [7, 11) is 0. The van der Waals surface area contributed by atoms with Crippen LogP contribution in [0.2, 0.25) is 0 Å². The van der Waals surface area contributed by atoms with E-state index in [1.54, 1.807) is 0 Å². The van der Waals surface area contributed by atoms with Crippen molar-refractivity contribution >= 4 is 38.8 Å². The van der Waals surface area contributed by atoms with Crippen LogP contribution < -0.4 is 0 Å². The van der Waals surface area contributed by atoms with Crippen molar-refractivity contribution in [2.24, 2.45) is 10.8 Å². The molecule has 0 fully saturated rings. The molecule has 0 amide bonds. The molecule has 1 aliphatic rings. The number of pyridine rings is 1. The van der Waals surface area contributed by atoms with Crippen LogP contribution in [-0.2, 0) is 30.3 Å². The molecule has 52 heavy (non-hydrogen) atoms. The van der Waals surface area contributed by atoms with E-state index >= 15 is 0 Å². The maximum Gasteiger partial charge on any atom is 0.218 e. The van der Waals surface area contributed by atoms with Crippen molar-refractivity contribution in [3.05, 3.63) is 101 Å². The SMILES string of the molecule is CC(C)c1ccc2oc3c(c2c1)C(C)(C)c1c(-c2ccc4c(n2)oc2ccccc24)[c-]ccc1-3.CCC(C)(CC)C(=O)/C=C(\O)C(C)(CC)CC.[Ir]. The van der Waals surface area contributed by atoms with Crippen LogP contribution in [0.4, 0.5) is 0 Å². The number of carbonyl (C=O) groups is 1. The number of carbonyl (C=O) groups excluding carboxylic acids is 1. The van der Waals surface area contributed by atoms with Crippen molar-refractivity contribution in [2.75, 3.05) is 0 Å². The van der Waals surface area contributed by atoms with Crippen molar-refractivity contribution in [2.45, 2.75) is 106 Å². The van der Waals surface area contributed by atoms with Gasteiger partial charge in [0.2, 0.25) is 5.71 Å². The maximum absolute atomic E-state index is 12.2. The molecule has 0 spiro atoms. The van der Waals surface area contributed by atoms with Crippen LogP contribution >= 0.6 is 0 Å². The van der Waals surface area contributed by atoms with Gasteiger partial charge in [-0.3, -0.25) is 9.78 Å². The molecule has 0 saturated carbocycles. The second-order valence-electron chi connectivity index (χ2n) is 15.6. The Hall–Kier alpha value is -3.99. The molecule has 7 rings (SSSR count). The summed E-state index contributed by atoms with van der Waals surface area (Å²) in [6, 6.07) is 26.5. The second-order valence-corrected chi connectivity index (χ2v) is 15.6. The monoisotopic (exact) mass is 875 g/mol. The third-order valence-electron chi connectivity index (χ3n) is 12.0. The number of hydrogen-bond acceptors (Lipinski definition) is 5. The standard InChI is InChI=1S/C31H24NO2.C15H28O2.Ir/c1-17(2)18-12-15-26-23(16-18)28-29(33-26)22-10-7-9-21(27(22)31(28,3)4)24-14-13-20-19-8-5-6-11-25(19)34-30(20)32-24;1-7-14(5,8-2)12(16)11-13(17)15(6,9-3)10-4;/h5-8,10-17H,1-4H3;11,16H,7-10H2,1-6H3;/q-1;;/b;12-11-;. The predicted molar refractivity (Wildman–Crippen MR) is 210 cm³/mol. The Morgan fingerprint density at radius 2 is 1.50 bits per heavy atom. The van der Waals surface area contributed by atoms with E-state index in [0.29, 0.717) is 11.6 Å². The predicted octanol–water partition coefficient (Wildman–Crippen LogP) is 13.3. The van der Waals surface area contributed by atoms with Gasteiger partial charge in [0, 0.05) is 58.7 Å². The molecule has 275 valence electrons. The van der Waals surface area contributed by atoms with Gasteiger partial charge >= 0.3 is 0 Å². The van der Waals surface area contributed by atoms with E-state index in [2.05, 4.69) is 76.2 Å². The molecule has 6 aromatic rings. The molecular formula is C46H52IrNO4-. The molecule has 3 heterocycles. The number of aliphatic hydroxyl groups excluding tert-OH is 1. The van der Waals surface area contributed by atoms with Gasteiger partial charge in [-0.15, -0.1) is 29.3 Å². The molecule has 1 aliphatic carbocycles. The summed E-state index contributed by atoms with van der Waals surface area (Å²) in [6.45, 7) is 21.1. The first-order chi connectivity index (χ1) is 24.2. The largest absolute Gasteiger partial charge is 0.512 e. The first-order valence-corrected chi connectivity index (χ1v) is 18.6. The van der Waals surface area contributed by atoms with Crippen molar-refractivity contribution in [1.29, 1.82) is 0 Å². The summed E-state index contributed by atoms with van der Waals surface area (Å²) in [4.78, 5) is 17.1. The Kier molecular flexibility index (Phi) is 11.2. The molecule has 0 unspecified atom stereocenters. The summed E-state index contributed by atoms with van der Waals surface area (Å²) in [6.07, 6.45) is 4.75. The smallest absolute Gasteiger partial charge is 0.218 e. The van der Waals surface area contributed by atoms with Gasteiger partial charge in [-0.2, -0.15) is 0 Å². The van der Waals surface area contributed by atoms with Gasteiger partial charge < -0.3 is 13.9 Å². The van der Waals surface area contributed by atoms with Crippen LogP contribution in [0.5, 0.6) is 0 Å². The number of para-hydroxylation sites is 1. The van der Waals surface area contributed by atoms with E-state index in [4.69, 9.17) is 13.8 Å². The van der Waals surface area contributed by atoms with Crippen LogP contribution in [0.1, 0.15) is 118 Å². The van der Waals surface area contributed by atoms with Gasteiger partial charge in [0.1, 0.15) is 22.7 Å². The molecule has 5 nitrogen and oxygen atoms in total. The van der Waals surface area contributed by atoms with E-state index in [-0.39, 0.29) is 47.9 Å². The summed E-state index contributed by atoms with van der Waals surface area (Å²) < 4.78 is 12.5. The number of furan rings is 2. The topological polar surface area (TPSA) is 76.5 Å². The minimum absolute atomic E-state index is 0. The van der Waals surface area contributed by atoms with Gasteiger partial charge in [0.15, 0.2) is 5.78 Å². The molecule has 0 atom stereocenters. The molecule has 6 heteroatoms. The van der Waals surface area contributed by atoms with Crippen LogP contribution in [0.3, 0.4) is 0 Å². The van der Waals surface area contributed by atoms with Gasteiger partial charge in [0.25, 0.3) is 0 Å². The van der Waals surface area contributed by atoms with E-state index in [1.807, 2.05) is 65.8 Å². The summed E-state index contributed by atoms with van der Waals surface area (Å²) in [5.74, 6) is 1.72. The third-order valence-corrected chi connectivity index (χ3v) is 12.0. The van der Waals surface area contributed by atoms with Crippen molar-refractivity contribution < 1.29 is 38.8 Å². The minimum Gasteiger partial charge on any atom is -0.512 e. The summed E-state index contributed by atoms with van der Waals surface area (Å²) in [5, 5.41) is 13.5. The van der Waals surface area contributed by atoms with E-state index < -0.39 is 0 Å². The number of aromatic nitrogens is 1. The molecule has 3 aromatic heterocycles. The average molecular weight is 875 g/mol. The first-order valence-electron chi connectivity index (χ1n) is 18.6. The first kappa shape index (κ1) is 39.2. The molecule has 0 bridgehead atoms. The Labute approximate surface area is 322 Å². The Morgan fingerprint density at radius 3 is 2.15 bits per heavy atom. The number of allylic oxidation sites excluding steroid dienone is 2. The number of aliphatic hydroxyl groups is 1. The van der Waals surface area contributed by atoms with E-state index in [0.717, 1.165) is 70.2 Å². The van der Waals surface area contributed by atoms with Crippen molar-refractivity contribution in [1.82, 2.24) is 4.98 Å². The summed E-state index contributed by atoms with van der Waals surface area (Å²) >= 11 is 0. The zero-order valence-electron chi connectivity index (χ0n) is 32.3. The fourth-order valence-corrected chi connectivity index (χ4v) is 7.38. The third kappa shape index (κ3) is 6.58. The number of hydrogen-bond donors (Lipinski definition) is 1. The van der Waals surface area contributed by atoms with Crippen molar-refractivity contribution in [3.63, 3.8) is 0 Å².